The van der Waals surface area contributed by atoms with Crippen LogP contribution in [0.25, 0.3) is 10.2 Å². The highest BCUT2D eigenvalue weighted by molar-refractivity contribution is 7.22. The highest BCUT2D eigenvalue weighted by Gasteiger charge is 2.26. The van der Waals surface area contributed by atoms with Gasteiger partial charge in [-0.25, -0.2) is 4.98 Å². The number of fused-ring (bicyclic) bond motifs is 1. The number of piperidine rings is 1. The number of nitrogens with two attached hydrogens (primary N) is 1. The first-order valence-corrected chi connectivity index (χ1v) is 7.46. The number of para-hydroxylation sites is 1. The van der Waals surface area contributed by atoms with E-state index in [1.165, 1.54) is 11.1 Å². The van der Waals surface area contributed by atoms with Crippen molar-refractivity contribution in [2.75, 3.05) is 11.4 Å². The molecule has 1 atom stereocenters. The molecule has 5 heteroatoms. The molecule has 0 aliphatic carbocycles. The van der Waals surface area contributed by atoms with E-state index < -0.39 is 0 Å². The van der Waals surface area contributed by atoms with Crippen molar-refractivity contribution < 1.29 is 4.79 Å². The molecule has 1 fully saturated rings. The number of hydrogen-bond donors (Lipinski definition) is 1. The second-order valence-corrected chi connectivity index (χ2v) is 5.99. The second-order valence-electron chi connectivity index (χ2n) is 4.98. The summed E-state index contributed by atoms with van der Waals surface area (Å²) in [6.07, 6.45) is 3.78. The van der Waals surface area contributed by atoms with E-state index in [4.69, 9.17) is 5.73 Å². The number of rotatable bonds is 3. The summed E-state index contributed by atoms with van der Waals surface area (Å²) < 4.78 is 1.20. The lowest BCUT2D eigenvalue weighted by molar-refractivity contribution is -0.118. The summed E-state index contributed by atoms with van der Waals surface area (Å²) in [5.74, 6) is -0.224. The maximum absolute atomic E-state index is 11.2. The Bertz CT molecular complexity index is 562. The van der Waals surface area contributed by atoms with Gasteiger partial charge in [0.2, 0.25) is 5.91 Å². The summed E-state index contributed by atoms with van der Waals surface area (Å²) in [4.78, 5) is 18.1. The number of carbonyl (C=O) groups is 1. The van der Waals surface area contributed by atoms with Gasteiger partial charge in [0, 0.05) is 19.0 Å². The first kappa shape index (κ1) is 12.4. The molecule has 4 nitrogen and oxygen atoms in total. The Kier molecular flexibility index (Phi) is 3.38. The number of amides is 1. The van der Waals surface area contributed by atoms with Crippen molar-refractivity contribution in [1.82, 2.24) is 4.98 Å². The molecule has 1 aliphatic rings. The van der Waals surface area contributed by atoms with Crippen molar-refractivity contribution in [1.29, 1.82) is 0 Å². The molecule has 2 aromatic rings. The van der Waals surface area contributed by atoms with Crippen LogP contribution in [0.15, 0.2) is 24.3 Å². The van der Waals surface area contributed by atoms with Crippen molar-refractivity contribution in [3.05, 3.63) is 24.3 Å². The molecular weight excluding hydrogens is 258 g/mol. The van der Waals surface area contributed by atoms with E-state index in [0.717, 1.165) is 30.0 Å². The van der Waals surface area contributed by atoms with Gasteiger partial charge in [0.05, 0.1) is 10.2 Å². The lowest BCUT2D eigenvalue weighted by Crippen LogP contribution is -2.41. The van der Waals surface area contributed by atoms with Crippen LogP contribution in [0.1, 0.15) is 25.7 Å². The third kappa shape index (κ3) is 2.56. The molecule has 1 unspecified atom stereocenters. The Labute approximate surface area is 116 Å². The maximum Gasteiger partial charge on any atom is 0.219 e. The van der Waals surface area contributed by atoms with Crippen LogP contribution in [0.3, 0.4) is 0 Å². The van der Waals surface area contributed by atoms with Gasteiger partial charge in [0.1, 0.15) is 0 Å². The average Bonchev–Trinajstić information content (AvgIpc) is 2.82. The predicted octanol–water partition coefficient (Wildman–Crippen LogP) is 2.53. The Morgan fingerprint density at radius 3 is 3.05 bits per heavy atom. The summed E-state index contributed by atoms with van der Waals surface area (Å²) in [6, 6.07) is 8.36. The summed E-state index contributed by atoms with van der Waals surface area (Å²) in [7, 11) is 0. The van der Waals surface area contributed by atoms with E-state index in [0.29, 0.717) is 6.42 Å². The zero-order chi connectivity index (χ0) is 13.2. The molecular formula is C14H17N3OS. The number of nitrogens with zero attached hydrogens (tertiary/aromatic N) is 2. The summed E-state index contributed by atoms with van der Waals surface area (Å²) in [5, 5.41) is 1.02. The van der Waals surface area contributed by atoms with Gasteiger partial charge in [0.15, 0.2) is 5.13 Å². The fourth-order valence-electron chi connectivity index (χ4n) is 2.68. The smallest absolute Gasteiger partial charge is 0.219 e. The number of anilines is 1. The highest BCUT2D eigenvalue weighted by Crippen LogP contribution is 2.33. The van der Waals surface area contributed by atoms with Gasteiger partial charge < -0.3 is 10.6 Å². The second kappa shape index (κ2) is 5.17. The van der Waals surface area contributed by atoms with Crippen molar-refractivity contribution in [3.8, 4) is 0 Å². The number of hydrogen-bond acceptors (Lipinski definition) is 4. The van der Waals surface area contributed by atoms with Crippen LogP contribution in [-0.2, 0) is 4.79 Å². The van der Waals surface area contributed by atoms with E-state index in [9.17, 15) is 4.79 Å². The lowest BCUT2D eigenvalue weighted by atomic mass is 10.00. The van der Waals surface area contributed by atoms with Crippen molar-refractivity contribution in [3.63, 3.8) is 0 Å². The first-order valence-electron chi connectivity index (χ1n) is 6.64. The largest absolute Gasteiger partial charge is 0.370 e. The minimum absolute atomic E-state index is 0.215. The van der Waals surface area contributed by atoms with Gasteiger partial charge in [-0.1, -0.05) is 23.5 Å². The molecule has 1 saturated heterocycles. The fourth-order valence-corrected chi connectivity index (χ4v) is 3.74. The van der Waals surface area contributed by atoms with E-state index >= 15 is 0 Å². The molecule has 1 aliphatic heterocycles. The summed E-state index contributed by atoms with van der Waals surface area (Å²) in [6.45, 7) is 0.970. The Hall–Kier alpha value is -1.62. The predicted molar refractivity (Wildman–Crippen MR) is 78.4 cm³/mol. The Morgan fingerprint density at radius 1 is 1.42 bits per heavy atom. The molecule has 0 saturated carbocycles. The van der Waals surface area contributed by atoms with Gasteiger partial charge in [-0.15, -0.1) is 0 Å². The molecule has 100 valence electrons. The van der Waals surface area contributed by atoms with Crippen molar-refractivity contribution in [2.24, 2.45) is 5.73 Å². The number of benzene rings is 1. The third-order valence-corrected chi connectivity index (χ3v) is 4.67. The van der Waals surface area contributed by atoms with Gasteiger partial charge >= 0.3 is 0 Å². The summed E-state index contributed by atoms with van der Waals surface area (Å²) in [5.41, 5.74) is 6.39. The molecule has 3 rings (SSSR count). The average molecular weight is 275 g/mol. The minimum Gasteiger partial charge on any atom is -0.370 e. The molecule has 0 radical (unpaired) electrons. The SMILES string of the molecule is NC(=O)CC1CCCCN1c1nc2ccccc2s1. The van der Waals surface area contributed by atoms with Crippen LogP contribution in [0.5, 0.6) is 0 Å². The molecule has 2 N–H and O–H groups in total. The topological polar surface area (TPSA) is 59.2 Å². The number of aromatic nitrogens is 1. The van der Waals surface area contributed by atoms with Gasteiger partial charge in [-0.3, -0.25) is 4.79 Å². The zero-order valence-electron chi connectivity index (χ0n) is 10.7. The Morgan fingerprint density at radius 2 is 2.26 bits per heavy atom. The zero-order valence-corrected chi connectivity index (χ0v) is 11.5. The van der Waals surface area contributed by atoms with Crippen molar-refractivity contribution >= 4 is 32.6 Å². The third-order valence-electron chi connectivity index (χ3n) is 3.59. The fraction of sp³-hybridized carbons (Fsp3) is 0.429. The molecule has 1 amide bonds. The lowest BCUT2D eigenvalue weighted by Gasteiger charge is -2.34. The number of thiazole rings is 1. The van der Waals surface area contributed by atoms with Crippen LogP contribution >= 0.6 is 11.3 Å². The summed E-state index contributed by atoms with van der Waals surface area (Å²) >= 11 is 1.70. The maximum atomic E-state index is 11.2. The van der Waals surface area contributed by atoms with E-state index in [1.807, 2.05) is 18.2 Å². The molecule has 1 aromatic carbocycles. The Balaban J connectivity index is 1.91. The monoisotopic (exact) mass is 275 g/mol. The quantitative estimate of drug-likeness (QED) is 0.936. The first-order chi connectivity index (χ1) is 9.24. The molecule has 0 bridgehead atoms. The van der Waals surface area contributed by atoms with Crippen LogP contribution in [0, 0.1) is 0 Å². The van der Waals surface area contributed by atoms with Crippen LogP contribution in [-0.4, -0.2) is 23.5 Å². The van der Waals surface area contributed by atoms with E-state index in [-0.39, 0.29) is 11.9 Å². The molecule has 19 heavy (non-hydrogen) atoms. The molecule has 2 heterocycles. The van der Waals surface area contributed by atoms with E-state index in [1.54, 1.807) is 11.3 Å². The molecule has 0 spiro atoms. The van der Waals surface area contributed by atoms with E-state index in [2.05, 4.69) is 16.0 Å². The standard InChI is InChI=1S/C14H17N3OS/c15-13(18)9-10-5-3-4-8-17(10)14-16-11-6-1-2-7-12(11)19-14/h1-2,6-7,10H,3-5,8-9H2,(H2,15,18). The number of primary amides is 1. The van der Waals surface area contributed by atoms with Crippen LogP contribution < -0.4 is 10.6 Å². The highest BCUT2D eigenvalue weighted by atomic mass is 32.1. The van der Waals surface area contributed by atoms with Gasteiger partial charge in [-0.2, -0.15) is 0 Å². The van der Waals surface area contributed by atoms with Gasteiger partial charge in [0.25, 0.3) is 0 Å². The minimum atomic E-state index is -0.224. The normalized spacial score (nSPS) is 19.8. The van der Waals surface area contributed by atoms with Crippen LogP contribution in [0.2, 0.25) is 0 Å². The van der Waals surface area contributed by atoms with Crippen molar-refractivity contribution in [2.45, 2.75) is 31.7 Å². The number of carbonyl (C=O) groups excluding carboxylic acids is 1. The van der Waals surface area contributed by atoms with Gasteiger partial charge in [-0.05, 0) is 31.4 Å². The van der Waals surface area contributed by atoms with Crippen LogP contribution in [0.4, 0.5) is 5.13 Å². The molecule has 1 aromatic heterocycles.